The molecule has 2 heterocycles. The zero-order valence-electron chi connectivity index (χ0n) is 12.5. The second kappa shape index (κ2) is 7.31. The van der Waals surface area contributed by atoms with Crippen LogP contribution in [-0.2, 0) is 11.3 Å². The van der Waals surface area contributed by atoms with E-state index in [0.717, 1.165) is 44.3 Å². The molecule has 3 rings (SSSR count). The topological polar surface area (TPSA) is 43.0 Å². The minimum Gasteiger partial charge on any atom is -0.493 e. The molecule has 118 valence electrons. The van der Waals surface area contributed by atoms with E-state index in [2.05, 4.69) is 16.3 Å². The van der Waals surface area contributed by atoms with Crippen molar-refractivity contribution >= 4 is 12.4 Å². The summed E-state index contributed by atoms with van der Waals surface area (Å²) in [5.74, 6) is 1.63. The number of fused-ring (bicyclic) bond motifs is 1. The SMILES string of the molecule is COc1cccc(CN2CCO[C@H]3CNC[C@H]32)c1OC.Cl. The molecule has 1 aromatic carbocycles. The number of morpholine rings is 1. The quantitative estimate of drug-likeness (QED) is 0.907. The van der Waals surface area contributed by atoms with Gasteiger partial charge in [-0.1, -0.05) is 12.1 Å². The van der Waals surface area contributed by atoms with Crippen LogP contribution >= 0.6 is 12.4 Å². The molecule has 0 bridgehead atoms. The Hall–Kier alpha value is -1.01. The van der Waals surface area contributed by atoms with Crippen molar-refractivity contribution in [2.75, 3.05) is 40.5 Å². The van der Waals surface area contributed by atoms with E-state index in [1.165, 1.54) is 5.56 Å². The third-order valence-corrected chi connectivity index (χ3v) is 4.17. The normalized spacial score (nSPS) is 25.0. The molecule has 2 atom stereocenters. The summed E-state index contributed by atoms with van der Waals surface area (Å²) in [5.41, 5.74) is 1.17. The Morgan fingerprint density at radius 1 is 1.29 bits per heavy atom. The number of ether oxygens (including phenoxy) is 3. The molecule has 0 saturated carbocycles. The molecule has 0 radical (unpaired) electrons. The van der Waals surface area contributed by atoms with Crippen molar-refractivity contribution in [3.63, 3.8) is 0 Å². The van der Waals surface area contributed by atoms with Crippen LogP contribution in [0.15, 0.2) is 18.2 Å². The van der Waals surface area contributed by atoms with Gasteiger partial charge in [0, 0.05) is 37.8 Å². The molecule has 1 N–H and O–H groups in total. The lowest BCUT2D eigenvalue weighted by atomic mass is 10.1. The summed E-state index contributed by atoms with van der Waals surface area (Å²) >= 11 is 0. The predicted molar refractivity (Wildman–Crippen MR) is 83.6 cm³/mol. The van der Waals surface area contributed by atoms with Crippen molar-refractivity contribution in [1.29, 1.82) is 0 Å². The molecule has 2 saturated heterocycles. The van der Waals surface area contributed by atoms with Crippen molar-refractivity contribution in [3.8, 4) is 11.5 Å². The number of hydrogen-bond donors (Lipinski definition) is 1. The smallest absolute Gasteiger partial charge is 0.165 e. The highest BCUT2D eigenvalue weighted by Gasteiger charge is 2.36. The molecule has 2 aliphatic heterocycles. The first-order chi connectivity index (χ1) is 9.83. The predicted octanol–water partition coefficient (Wildman–Crippen LogP) is 1.30. The first-order valence-corrected chi connectivity index (χ1v) is 7.09. The molecule has 0 amide bonds. The number of methoxy groups -OCH3 is 2. The van der Waals surface area contributed by atoms with Crippen molar-refractivity contribution in [2.24, 2.45) is 0 Å². The van der Waals surface area contributed by atoms with E-state index in [1.54, 1.807) is 14.2 Å². The van der Waals surface area contributed by atoms with Gasteiger partial charge in [0.05, 0.1) is 26.9 Å². The number of nitrogens with zero attached hydrogens (tertiary/aromatic N) is 1. The Labute approximate surface area is 132 Å². The highest BCUT2D eigenvalue weighted by molar-refractivity contribution is 5.85. The van der Waals surface area contributed by atoms with Gasteiger partial charge >= 0.3 is 0 Å². The second-order valence-electron chi connectivity index (χ2n) is 5.26. The Morgan fingerprint density at radius 3 is 2.90 bits per heavy atom. The second-order valence-corrected chi connectivity index (χ2v) is 5.26. The average Bonchev–Trinajstić information content (AvgIpc) is 2.96. The van der Waals surface area contributed by atoms with Crippen molar-refractivity contribution in [1.82, 2.24) is 10.2 Å². The van der Waals surface area contributed by atoms with Gasteiger partial charge in [0.2, 0.25) is 0 Å². The molecule has 5 nitrogen and oxygen atoms in total. The largest absolute Gasteiger partial charge is 0.493 e. The Balaban J connectivity index is 0.00000161. The van der Waals surface area contributed by atoms with Gasteiger partial charge in [-0.15, -0.1) is 12.4 Å². The number of hydrogen-bond acceptors (Lipinski definition) is 5. The fraction of sp³-hybridized carbons (Fsp3) is 0.600. The molecule has 21 heavy (non-hydrogen) atoms. The third-order valence-electron chi connectivity index (χ3n) is 4.17. The van der Waals surface area contributed by atoms with E-state index in [9.17, 15) is 0 Å². The maximum absolute atomic E-state index is 5.81. The number of para-hydroxylation sites is 1. The first-order valence-electron chi connectivity index (χ1n) is 7.09. The van der Waals surface area contributed by atoms with Gasteiger partial charge in [-0.3, -0.25) is 4.90 Å². The van der Waals surface area contributed by atoms with E-state index in [0.29, 0.717) is 12.1 Å². The minimum absolute atomic E-state index is 0. The monoisotopic (exact) mass is 314 g/mol. The van der Waals surface area contributed by atoms with Crippen LogP contribution in [0.1, 0.15) is 5.56 Å². The Morgan fingerprint density at radius 2 is 2.14 bits per heavy atom. The Kier molecular flexibility index (Phi) is 5.70. The molecular weight excluding hydrogens is 292 g/mol. The van der Waals surface area contributed by atoms with Gasteiger partial charge < -0.3 is 19.5 Å². The molecule has 0 aliphatic carbocycles. The summed E-state index contributed by atoms with van der Waals surface area (Å²) in [7, 11) is 3.37. The molecular formula is C15H23ClN2O3. The van der Waals surface area contributed by atoms with Crippen LogP contribution in [0.3, 0.4) is 0 Å². The number of rotatable bonds is 4. The molecule has 0 aromatic heterocycles. The zero-order chi connectivity index (χ0) is 13.9. The van der Waals surface area contributed by atoms with Crippen LogP contribution in [0, 0.1) is 0 Å². The van der Waals surface area contributed by atoms with Crippen LogP contribution in [0.25, 0.3) is 0 Å². The Bertz CT molecular complexity index is 472. The van der Waals surface area contributed by atoms with E-state index in [-0.39, 0.29) is 12.4 Å². The van der Waals surface area contributed by atoms with Gasteiger partial charge in [0.25, 0.3) is 0 Å². The number of benzene rings is 1. The van der Waals surface area contributed by atoms with Gasteiger partial charge in [0.1, 0.15) is 0 Å². The van der Waals surface area contributed by atoms with Crippen molar-refractivity contribution < 1.29 is 14.2 Å². The summed E-state index contributed by atoms with van der Waals surface area (Å²) in [6.07, 6.45) is 0.320. The van der Waals surface area contributed by atoms with E-state index < -0.39 is 0 Å². The number of nitrogens with one attached hydrogen (secondary N) is 1. The summed E-state index contributed by atoms with van der Waals surface area (Å²) in [6, 6.07) is 6.51. The first kappa shape index (κ1) is 16.4. The van der Waals surface area contributed by atoms with Gasteiger partial charge in [-0.05, 0) is 6.07 Å². The van der Waals surface area contributed by atoms with Crippen LogP contribution in [0.2, 0.25) is 0 Å². The minimum atomic E-state index is 0. The fourth-order valence-corrected chi connectivity index (χ4v) is 3.16. The van der Waals surface area contributed by atoms with Crippen LogP contribution < -0.4 is 14.8 Å². The van der Waals surface area contributed by atoms with E-state index in [1.807, 2.05) is 12.1 Å². The van der Waals surface area contributed by atoms with Crippen molar-refractivity contribution in [2.45, 2.75) is 18.7 Å². The lowest BCUT2D eigenvalue weighted by Crippen LogP contribution is -2.50. The lowest BCUT2D eigenvalue weighted by Gasteiger charge is -2.37. The number of halogens is 1. The van der Waals surface area contributed by atoms with Crippen LogP contribution in [0.4, 0.5) is 0 Å². The maximum atomic E-state index is 5.81. The van der Waals surface area contributed by atoms with Gasteiger partial charge in [-0.25, -0.2) is 0 Å². The van der Waals surface area contributed by atoms with Gasteiger partial charge in [-0.2, -0.15) is 0 Å². The molecule has 6 heteroatoms. The highest BCUT2D eigenvalue weighted by atomic mass is 35.5. The molecule has 2 fully saturated rings. The average molecular weight is 315 g/mol. The lowest BCUT2D eigenvalue weighted by molar-refractivity contribution is -0.0502. The third kappa shape index (κ3) is 3.26. The summed E-state index contributed by atoms with van der Waals surface area (Å²) in [5, 5.41) is 3.41. The van der Waals surface area contributed by atoms with Crippen LogP contribution in [-0.4, -0.2) is 57.5 Å². The van der Waals surface area contributed by atoms with E-state index in [4.69, 9.17) is 14.2 Å². The van der Waals surface area contributed by atoms with Crippen molar-refractivity contribution in [3.05, 3.63) is 23.8 Å². The molecule has 2 aliphatic rings. The van der Waals surface area contributed by atoms with Crippen LogP contribution in [0.5, 0.6) is 11.5 Å². The summed E-state index contributed by atoms with van der Waals surface area (Å²) < 4.78 is 16.7. The van der Waals surface area contributed by atoms with E-state index >= 15 is 0 Å². The molecule has 0 unspecified atom stereocenters. The van der Waals surface area contributed by atoms with Gasteiger partial charge in [0.15, 0.2) is 11.5 Å². The maximum Gasteiger partial charge on any atom is 0.165 e. The molecule has 1 aromatic rings. The zero-order valence-corrected chi connectivity index (χ0v) is 13.3. The summed E-state index contributed by atoms with van der Waals surface area (Å²) in [6.45, 7) is 4.58. The molecule has 0 spiro atoms. The summed E-state index contributed by atoms with van der Waals surface area (Å²) in [4.78, 5) is 2.48. The fourth-order valence-electron chi connectivity index (χ4n) is 3.16. The standard InChI is InChI=1S/C15H22N2O3.ClH/c1-18-13-5-3-4-11(15(13)19-2)10-17-6-7-20-14-9-16-8-12(14)17;/h3-5,12,14,16H,6-10H2,1-2H3;1H/t12-,14+;/m1./s1. The highest BCUT2D eigenvalue weighted by Crippen LogP contribution is 2.32.